The van der Waals surface area contributed by atoms with E-state index in [2.05, 4.69) is 10.3 Å². The number of aromatic nitrogens is 1. The Hall–Kier alpha value is -1.63. The molecule has 2 rings (SSSR count). The number of carboxylic acids is 1. The molecule has 1 saturated carbocycles. The van der Waals surface area contributed by atoms with Crippen molar-refractivity contribution in [3.8, 4) is 0 Å². The summed E-state index contributed by atoms with van der Waals surface area (Å²) in [4.78, 5) is 29.2. The summed E-state index contributed by atoms with van der Waals surface area (Å²) in [6.45, 7) is 2.58. The van der Waals surface area contributed by atoms with Crippen LogP contribution in [0, 0.1) is 12.8 Å². The normalized spacial score (nSPS) is 14.2. The third kappa shape index (κ3) is 4.51. The predicted molar refractivity (Wildman–Crippen MR) is 71.0 cm³/mol. The fourth-order valence-corrected chi connectivity index (χ4v) is 2.49. The lowest BCUT2D eigenvalue weighted by Crippen LogP contribution is -2.43. The van der Waals surface area contributed by atoms with E-state index < -0.39 is 5.97 Å². The first-order valence-corrected chi connectivity index (χ1v) is 7.02. The molecule has 0 saturated heterocycles. The smallest absolute Gasteiger partial charge is 0.323 e. The van der Waals surface area contributed by atoms with Crippen LogP contribution in [0.4, 0.5) is 4.79 Å². The largest absolute Gasteiger partial charge is 0.480 e. The molecule has 1 heterocycles. The summed E-state index contributed by atoms with van der Waals surface area (Å²) in [5, 5.41) is 12.5. The molecule has 7 heteroatoms. The van der Waals surface area contributed by atoms with Gasteiger partial charge in [-0.3, -0.25) is 4.79 Å². The lowest BCUT2D eigenvalue weighted by molar-refractivity contribution is -0.137. The molecule has 104 valence electrons. The number of hydrogen-bond donors (Lipinski definition) is 2. The standard InChI is InChI=1S/C12H17N3O3S/c1-8-13-4-10(19-8)5-14-12(18)15(7-11(16)17)6-9-2-3-9/h4,9H,2-3,5-7H2,1H3,(H,14,18)(H,16,17). The Kier molecular flexibility index (Phi) is 4.36. The number of nitrogens with zero attached hydrogens (tertiary/aromatic N) is 2. The Labute approximate surface area is 115 Å². The summed E-state index contributed by atoms with van der Waals surface area (Å²) in [5.41, 5.74) is 0. The average Bonchev–Trinajstić information content (AvgIpc) is 3.06. The zero-order valence-electron chi connectivity index (χ0n) is 10.8. The van der Waals surface area contributed by atoms with Crippen molar-refractivity contribution >= 4 is 23.3 Å². The van der Waals surface area contributed by atoms with E-state index in [1.54, 1.807) is 6.20 Å². The Balaban J connectivity index is 1.85. The predicted octanol–water partition coefficient (Wildman–Crippen LogP) is 1.46. The molecule has 6 nitrogen and oxygen atoms in total. The number of aryl methyl sites for hydroxylation is 1. The van der Waals surface area contributed by atoms with Gasteiger partial charge in [-0.15, -0.1) is 11.3 Å². The molecule has 0 spiro atoms. The van der Waals surface area contributed by atoms with E-state index in [4.69, 9.17) is 5.11 Å². The number of carbonyl (C=O) groups excluding carboxylic acids is 1. The summed E-state index contributed by atoms with van der Waals surface area (Å²) in [7, 11) is 0. The minimum absolute atomic E-state index is 0.246. The van der Waals surface area contributed by atoms with E-state index in [0.29, 0.717) is 19.0 Å². The highest BCUT2D eigenvalue weighted by molar-refractivity contribution is 7.11. The topological polar surface area (TPSA) is 82.5 Å². The number of aliphatic carboxylic acids is 1. The van der Waals surface area contributed by atoms with Crippen molar-refractivity contribution < 1.29 is 14.7 Å². The highest BCUT2D eigenvalue weighted by Gasteiger charge is 2.27. The first kappa shape index (κ1) is 13.8. The van der Waals surface area contributed by atoms with Crippen molar-refractivity contribution in [3.05, 3.63) is 16.1 Å². The molecule has 2 amide bonds. The fourth-order valence-electron chi connectivity index (χ4n) is 1.76. The van der Waals surface area contributed by atoms with Gasteiger partial charge in [-0.1, -0.05) is 0 Å². The van der Waals surface area contributed by atoms with Gasteiger partial charge in [-0.05, 0) is 25.7 Å². The Morgan fingerprint density at radius 2 is 2.32 bits per heavy atom. The number of amides is 2. The maximum Gasteiger partial charge on any atom is 0.323 e. The van der Waals surface area contributed by atoms with Gasteiger partial charge in [0.15, 0.2) is 0 Å². The number of hydrogen-bond acceptors (Lipinski definition) is 4. The van der Waals surface area contributed by atoms with E-state index in [1.165, 1.54) is 16.2 Å². The van der Waals surface area contributed by atoms with Crippen molar-refractivity contribution in [2.45, 2.75) is 26.3 Å². The second kappa shape index (κ2) is 6.01. The summed E-state index contributed by atoms with van der Waals surface area (Å²) >= 11 is 1.52. The molecule has 1 aromatic heterocycles. The Bertz CT molecular complexity index is 471. The molecule has 1 aliphatic carbocycles. The van der Waals surface area contributed by atoms with Crippen LogP contribution in [-0.2, 0) is 11.3 Å². The van der Waals surface area contributed by atoms with Gasteiger partial charge in [0.05, 0.1) is 11.6 Å². The molecule has 1 aliphatic rings. The second-order valence-electron chi connectivity index (χ2n) is 4.72. The van der Waals surface area contributed by atoms with E-state index in [9.17, 15) is 9.59 Å². The summed E-state index contributed by atoms with van der Waals surface area (Å²) in [5.74, 6) is -0.514. The van der Waals surface area contributed by atoms with Crippen LogP contribution in [0.2, 0.25) is 0 Å². The van der Waals surface area contributed by atoms with Gasteiger partial charge >= 0.3 is 12.0 Å². The molecule has 2 N–H and O–H groups in total. The van der Waals surface area contributed by atoms with E-state index >= 15 is 0 Å². The van der Waals surface area contributed by atoms with Gasteiger partial charge in [0, 0.05) is 17.6 Å². The lowest BCUT2D eigenvalue weighted by atomic mass is 10.3. The quantitative estimate of drug-likeness (QED) is 0.828. The average molecular weight is 283 g/mol. The molecule has 0 aromatic carbocycles. The summed E-state index contributed by atoms with van der Waals surface area (Å²) in [6.07, 6.45) is 3.89. The molecule has 0 aliphatic heterocycles. The molecule has 0 atom stereocenters. The Morgan fingerprint density at radius 3 is 2.84 bits per heavy atom. The van der Waals surface area contributed by atoms with Crippen LogP contribution in [0.5, 0.6) is 0 Å². The van der Waals surface area contributed by atoms with E-state index in [1.807, 2.05) is 6.92 Å². The minimum atomic E-state index is -0.982. The van der Waals surface area contributed by atoms with Crippen LogP contribution in [-0.4, -0.2) is 40.1 Å². The Morgan fingerprint density at radius 1 is 1.58 bits per heavy atom. The molecule has 0 radical (unpaired) electrons. The second-order valence-corrected chi connectivity index (χ2v) is 6.04. The summed E-state index contributed by atoms with van der Waals surface area (Å²) in [6, 6.07) is -0.319. The van der Waals surface area contributed by atoms with Crippen molar-refractivity contribution in [2.75, 3.05) is 13.1 Å². The van der Waals surface area contributed by atoms with Crippen LogP contribution in [0.3, 0.4) is 0 Å². The van der Waals surface area contributed by atoms with Gasteiger partial charge in [-0.25, -0.2) is 9.78 Å². The maximum atomic E-state index is 12.0. The molecular formula is C12H17N3O3S. The maximum absolute atomic E-state index is 12.0. The molecule has 0 unspecified atom stereocenters. The van der Waals surface area contributed by atoms with Crippen molar-refractivity contribution in [1.29, 1.82) is 0 Å². The third-order valence-electron chi connectivity index (χ3n) is 2.87. The van der Waals surface area contributed by atoms with Crippen LogP contribution in [0.25, 0.3) is 0 Å². The van der Waals surface area contributed by atoms with Crippen LogP contribution >= 0.6 is 11.3 Å². The van der Waals surface area contributed by atoms with Gasteiger partial charge in [0.25, 0.3) is 0 Å². The third-order valence-corrected chi connectivity index (χ3v) is 3.78. The minimum Gasteiger partial charge on any atom is -0.480 e. The molecular weight excluding hydrogens is 266 g/mol. The number of carboxylic acid groups (broad SMARTS) is 1. The molecule has 1 aromatic rings. The highest BCUT2D eigenvalue weighted by atomic mass is 32.1. The summed E-state index contributed by atoms with van der Waals surface area (Å²) < 4.78 is 0. The SMILES string of the molecule is Cc1ncc(CNC(=O)N(CC(=O)O)CC2CC2)s1. The molecule has 1 fully saturated rings. The number of urea groups is 1. The van der Waals surface area contributed by atoms with Crippen LogP contribution in [0.15, 0.2) is 6.20 Å². The number of rotatable bonds is 6. The van der Waals surface area contributed by atoms with Crippen molar-refractivity contribution in [2.24, 2.45) is 5.92 Å². The molecule has 19 heavy (non-hydrogen) atoms. The van der Waals surface area contributed by atoms with Crippen molar-refractivity contribution in [1.82, 2.24) is 15.2 Å². The fraction of sp³-hybridized carbons (Fsp3) is 0.583. The van der Waals surface area contributed by atoms with Crippen LogP contribution < -0.4 is 5.32 Å². The number of nitrogens with one attached hydrogen (secondary N) is 1. The monoisotopic (exact) mass is 283 g/mol. The van der Waals surface area contributed by atoms with Crippen LogP contribution in [0.1, 0.15) is 22.7 Å². The van der Waals surface area contributed by atoms with Gasteiger partial charge in [0.2, 0.25) is 0 Å². The first-order chi connectivity index (χ1) is 9.04. The van der Waals surface area contributed by atoms with Gasteiger partial charge in [-0.2, -0.15) is 0 Å². The van der Waals surface area contributed by atoms with E-state index in [0.717, 1.165) is 22.7 Å². The molecule has 0 bridgehead atoms. The number of thiazole rings is 1. The van der Waals surface area contributed by atoms with Crippen molar-refractivity contribution in [3.63, 3.8) is 0 Å². The van der Waals surface area contributed by atoms with Gasteiger partial charge in [0.1, 0.15) is 6.54 Å². The zero-order valence-corrected chi connectivity index (χ0v) is 11.6. The first-order valence-electron chi connectivity index (χ1n) is 6.20. The lowest BCUT2D eigenvalue weighted by Gasteiger charge is -2.20. The number of carbonyl (C=O) groups is 2. The van der Waals surface area contributed by atoms with Gasteiger partial charge < -0.3 is 15.3 Å². The highest BCUT2D eigenvalue weighted by Crippen LogP contribution is 2.29. The van der Waals surface area contributed by atoms with E-state index in [-0.39, 0.29) is 12.6 Å². The zero-order chi connectivity index (χ0) is 13.8.